The molecule has 1 aliphatic carbocycles. The fourth-order valence-corrected chi connectivity index (χ4v) is 9.26. The Labute approximate surface area is 177 Å². The highest BCUT2D eigenvalue weighted by molar-refractivity contribution is 6.99. The van der Waals surface area contributed by atoms with Crippen molar-refractivity contribution in [3.63, 3.8) is 0 Å². The minimum Gasteiger partial charge on any atom is -0.407 e. The van der Waals surface area contributed by atoms with Gasteiger partial charge in [-0.05, 0) is 52.6 Å². The first-order valence-electron chi connectivity index (χ1n) is 11.0. The van der Waals surface area contributed by atoms with E-state index in [-0.39, 0.29) is 11.1 Å². The molecule has 0 unspecified atom stereocenters. The van der Waals surface area contributed by atoms with Crippen molar-refractivity contribution in [2.75, 3.05) is 6.61 Å². The SMILES string of the molecule is C[C@@H]1CC=C(CCCO[Si](c2ccccc2)(c2ccccc2)C(C)(C)C)[C@H](O)C1. The van der Waals surface area contributed by atoms with Gasteiger partial charge in [-0.15, -0.1) is 0 Å². The standard InChI is InChI=1S/C26H36O2Si/c1-21-17-18-22(25(27)20-21)12-11-19-28-29(26(2,3)4,23-13-7-5-8-14-23)24-15-9-6-10-16-24/h5-10,13-16,18,21,25,27H,11-12,17,19-20H2,1-4H3/t21-,25-/m1/s1. The second-order valence-corrected chi connectivity index (χ2v) is 13.8. The van der Waals surface area contributed by atoms with Gasteiger partial charge in [0.1, 0.15) is 0 Å². The molecule has 1 N–H and O–H groups in total. The molecule has 29 heavy (non-hydrogen) atoms. The maximum atomic E-state index is 10.4. The summed E-state index contributed by atoms with van der Waals surface area (Å²) in [6.07, 6.45) is 5.82. The summed E-state index contributed by atoms with van der Waals surface area (Å²) in [5.41, 5.74) is 1.20. The highest BCUT2D eigenvalue weighted by atomic mass is 28.4. The van der Waals surface area contributed by atoms with Crippen LogP contribution in [0.15, 0.2) is 72.3 Å². The lowest BCUT2D eigenvalue weighted by molar-refractivity contribution is 0.164. The first-order chi connectivity index (χ1) is 13.8. The average Bonchev–Trinajstić information content (AvgIpc) is 2.70. The van der Waals surface area contributed by atoms with Crippen molar-refractivity contribution in [1.29, 1.82) is 0 Å². The summed E-state index contributed by atoms with van der Waals surface area (Å²) in [7, 11) is -2.45. The summed E-state index contributed by atoms with van der Waals surface area (Å²) < 4.78 is 6.94. The third-order valence-corrected chi connectivity index (χ3v) is 11.2. The Morgan fingerprint density at radius 2 is 1.52 bits per heavy atom. The van der Waals surface area contributed by atoms with E-state index in [0.717, 1.165) is 25.7 Å². The van der Waals surface area contributed by atoms with E-state index in [4.69, 9.17) is 4.43 Å². The third-order valence-electron chi connectivity index (χ3n) is 6.18. The normalized spacial score (nSPS) is 20.4. The first-order valence-corrected chi connectivity index (χ1v) is 12.9. The van der Waals surface area contributed by atoms with E-state index in [2.05, 4.69) is 94.4 Å². The number of allylic oxidation sites excluding steroid dienone is 1. The highest BCUT2D eigenvalue weighted by Crippen LogP contribution is 2.37. The molecule has 1 aliphatic rings. The first kappa shape index (κ1) is 22.0. The van der Waals surface area contributed by atoms with Gasteiger partial charge in [0.2, 0.25) is 0 Å². The van der Waals surface area contributed by atoms with Gasteiger partial charge in [-0.2, -0.15) is 0 Å². The van der Waals surface area contributed by atoms with Crippen molar-refractivity contribution < 1.29 is 9.53 Å². The molecule has 2 nitrogen and oxygen atoms in total. The van der Waals surface area contributed by atoms with E-state index in [9.17, 15) is 5.11 Å². The maximum Gasteiger partial charge on any atom is 0.261 e. The van der Waals surface area contributed by atoms with E-state index < -0.39 is 8.32 Å². The largest absolute Gasteiger partial charge is 0.407 e. The van der Waals surface area contributed by atoms with Crippen molar-refractivity contribution in [3.8, 4) is 0 Å². The van der Waals surface area contributed by atoms with Crippen LogP contribution in [0.1, 0.15) is 53.4 Å². The van der Waals surface area contributed by atoms with Crippen molar-refractivity contribution in [1.82, 2.24) is 0 Å². The zero-order valence-electron chi connectivity index (χ0n) is 18.4. The molecule has 2 atom stereocenters. The van der Waals surface area contributed by atoms with Crippen molar-refractivity contribution >= 4 is 18.7 Å². The number of aliphatic hydroxyl groups excluding tert-OH is 1. The Bertz CT molecular complexity index is 753. The molecule has 3 rings (SSSR count). The summed E-state index contributed by atoms with van der Waals surface area (Å²) in [6.45, 7) is 9.87. The van der Waals surface area contributed by atoms with Gasteiger partial charge < -0.3 is 9.53 Å². The molecule has 3 heteroatoms. The maximum absolute atomic E-state index is 10.4. The number of hydrogen-bond acceptors (Lipinski definition) is 2. The van der Waals surface area contributed by atoms with Gasteiger partial charge in [-0.3, -0.25) is 0 Å². The molecule has 0 heterocycles. The van der Waals surface area contributed by atoms with E-state index in [1.807, 2.05) is 0 Å². The zero-order valence-corrected chi connectivity index (χ0v) is 19.4. The minimum absolute atomic E-state index is 0.00869. The lowest BCUT2D eigenvalue weighted by atomic mass is 9.87. The van der Waals surface area contributed by atoms with Gasteiger partial charge in [0.25, 0.3) is 8.32 Å². The molecule has 0 aliphatic heterocycles. The Morgan fingerprint density at radius 1 is 0.966 bits per heavy atom. The predicted molar refractivity (Wildman–Crippen MR) is 125 cm³/mol. The lowest BCUT2D eigenvalue weighted by Crippen LogP contribution is -2.66. The van der Waals surface area contributed by atoms with Crippen molar-refractivity contribution in [2.24, 2.45) is 5.92 Å². The van der Waals surface area contributed by atoms with Crippen LogP contribution < -0.4 is 10.4 Å². The van der Waals surface area contributed by atoms with Crippen molar-refractivity contribution in [2.45, 2.75) is 64.5 Å². The molecule has 0 saturated heterocycles. The fraction of sp³-hybridized carbons (Fsp3) is 0.462. The molecular formula is C26H36O2Si. The molecular weight excluding hydrogens is 372 g/mol. The van der Waals surface area contributed by atoms with Crippen LogP contribution in [-0.4, -0.2) is 26.1 Å². The molecule has 0 spiro atoms. The fourth-order valence-electron chi connectivity index (χ4n) is 4.65. The van der Waals surface area contributed by atoms with Crippen molar-refractivity contribution in [3.05, 3.63) is 72.3 Å². The molecule has 0 amide bonds. The topological polar surface area (TPSA) is 29.5 Å². The molecule has 0 aromatic heterocycles. The quantitative estimate of drug-likeness (QED) is 0.394. The molecule has 0 radical (unpaired) electrons. The summed E-state index contributed by atoms with van der Waals surface area (Å²) in [5.74, 6) is 0.585. The monoisotopic (exact) mass is 408 g/mol. The van der Waals surface area contributed by atoms with Gasteiger partial charge in [0.05, 0.1) is 6.10 Å². The second kappa shape index (κ2) is 9.42. The van der Waals surface area contributed by atoms with Crippen LogP contribution in [0, 0.1) is 5.92 Å². The second-order valence-electron chi connectivity index (χ2n) is 9.49. The lowest BCUT2D eigenvalue weighted by Gasteiger charge is -2.43. The van der Waals surface area contributed by atoms with Gasteiger partial charge in [0, 0.05) is 6.61 Å². The zero-order chi connectivity index (χ0) is 20.9. The highest BCUT2D eigenvalue weighted by Gasteiger charge is 2.49. The van der Waals surface area contributed by atoms with E-state index in [1.54, 1.807) is 0 Å². The Balaban J connectivity index is 1.83. The van der Waals surface area contributed by atoms with Gasteiger partial charge >= 0.3 is 0 Å². The summed E-state index contributed by atoms with van der Waals surface area (Å²) in [6, 6.07) is 21.6. The smallest absolute Gasteiger partial charge is 0.261 e. The van der Waals surface area contributed by atoms with Gasteiger partial charge in [-0.1, -0.05) is 94.4 Å². The summed E-state index contributed by atoms with van der Waals surface area (Å²) in [4.78, 5) is 0. The van der Waals surface area contributed by atoms with Gasteiger partial charge in [-0.25, -0.2) is 0 Å². The number of hydrogen-bond donors (Lipinski definition) is 1. The Hall–Kier alpha value is -1.68. The molecule has 0 bridgehead atoms. The van der Waals surface area contributed by atoms with Crippen LogP contribution in [0.5, 0.6) is 0 Å². The van der Waals surface area contributed by atoms with Crippen LogP contribution in [0.2, 0.25) is 5.04 Å². The summed E-state index contributed by atoms with van der Waals surface area (Å²) >= 11 is 0. The van der Waals surface area contributed by atoms with E-state index in [1.165, 1.54) is 15.9 Å². The predicted octanol–water partition coefficient (Wildman–Crippen LogP) is 5.06. The average molecular weight is 409 g/mol. The van der Waals surface area contributed by atoms with Crippen LogP contribution >= 0.6 is 0 Å². The molecule has 0 saturated carbocycles. The number of aliphatic hydroxyl groups is 1. The Morgan fingerprint density at radius 3 is 2.00 bits per heavy atom. The number of benzene rings is 2. The minimum atomic E-state index is -2.45. The van der Waals surface area contributed by atoms with E-state index in [0.29, 0.717) is 12.5 Å². The third kappa shape index (κ3) is 4.91. The summed E-state index contributed by atoms with van der Waals surface area (Å²) in [5, 5.41) is 13.0. The van der Waals surface area contributed by atoms with Crippen LogP contribution in [0.25, 0.3) is 0 Å². The van der Waals surface area contributed by atoms with E-state index >= 15 is 0 Å². The van der Waals surface area contributed by atoms with Crippen LogP contribution in [0.3, 0.4) is 0 Å². The molecule has 2 aromatic rings. The van der Waals surface area contributed by atoms with Gasteiger partial charge in [0.15, 0.2) is 0 Å². The molecule has 0 fully saturated rings. The van der Waals surface area contributed by atoms with Crippen LogP contribution in [-0.2, 0) is 4.43 Å². The number of rotatable bonds is 7. The molecule has 2 aromatic carbocycles. The van der Waals surface area contributed by atoms with Crippen LogP contribution in [0.4, 0.5) is 0 Å². The Kier molecular flexibility index (Phi) is 7.15. The molecule has 156 valence electrons.